The van der Waals surface area contributed by atoms with E-state index in [2.05, 4.69) is 5.10 Å². The number of aromatic nitrogens is 2. The summed E-state index contributed by atoms with van der Waals surface area (Å²) in [5.74, 6) is -2.17. The maximum absolute atomic E-state index is 12.5. The Balaban J connectivity index is 2.54. The lowest BCUT2D eigenvalue weighted by Gasteiger charge is -2.14. The molecule has 1 rings (SSSR count). The van der Waals surface area contributed by atoms with Gasteiger partial charge in [0.2, 0.25) is 0 Å². The van der Waals surface area contributed by atoms with Crippen LogP contribution in [0.1, 0.15) is 31.5 Å². The van der Waals surface area contributed by atoms with Gasteiger partial charge in [0.1, 0.15) is 6.04 Å². The van der Waals surface area contributed by atoms with Crippen LogP contribution in [-0.2, 0) is 9.53 Å². The smallest absolute Gasteiger partial charge is 0.330 e. The third kappa shape index (κ3) is 4.42. The van der Waals surface area contributed by atoms with Gasteiger partial charge in [-0.25, -0.2) is 9.18 Å². The zero-order chi connectivity index (χ0) is 14.4. The van der Waals surface area contributed by atoms with Crippen molar-refractivity contribution in [2.75, 3.05) is 6.61 Å². The number of esters is 1. The van der Waals surface area contributed by atoms with Crippen LogP contribution in [-0.4, -0.2) is 22.4 Å². The number of hydrogen-bond donors (Lipinski definition) is 0. The van der Waals surface area contributed by atoms with Gasteiger partial charge in [-0.05, 0) is 19.4 Å². The molecule has 0 saturated carbocycles. The van der Waals surface area contributed by atoms with E-state index in [0.29, 0.717) is 6.42 Å². The van der Waals surface area contributed by atoms with Crippen molar-refractivity contribution in [3.63, 3.8) is 0 Å². The Morgan fingerprint density at radius 2 is 2.16 bits per heavy atom. The normalized spacial score (nSPS) is 12.1. The molecule has 0 fully saturated rings. The van der Waals surface area contributed by atoms with Crippen molar-refractivity contribution in [3.05, 3.63) is 29.9 Å². The number of carbonyl (C=O) groups is 1. The molecule has 7 heteroatoms. The predicted octanol–water partition coefficient (Wildman–Crippen LogP) is 3.15. The van der Waals surface area contributed by atoms with E-state index in [0.717, 1.165) is 5.69 Å². The van der Waals surface area contributed by atoms with Crippen LogP contribution in [0, 0.1) is 6.92 Å². The van der Waals surface area contributed by atoms with E-state index >= 15 is 0 Å². The van der Waals surface area contributed by atoms with E-state index in [4.69, 9.17) is 4.74 Å². The molecule has 1 atom stereocenters. The summed E-state index contributed by atoms with van der Waals surface area (Å²) in [6.07, 6.45) is -0.934. The maximum Gasteiger partial charge on any atom is 0.330 e. The standard InChI is InChI=1S/C12H15F3N2O2/c1-3-10(17-6-4-8(2)16-17)12(18)19-7-5-9(13)11(14)15/h4,6,10H,3,5,7H2,1-2H3. The SMILES string of the molecule is CCC(C(=O)OCCC(F)=C(F)F)n1ccc(C)n1. The van der Waals surface area contributed by atoms with Gasteiger partial charge in [-0.3, -0.25) is 4.68 Å². The molecule has 0 aliphatic rings. The molecule has 0 N–H and O–H groups in total. The van der Waals surface area contributed by atoms with Gasteiger partial charge in [-0.2, -0.15) is 13.9 Å². The minimum Gasteiger partial charge on any atom is -0.464 e. The summed E-state index contributed by atoms with van der Waals surface area (Å²) in [5.41, 5.74) is 0.750. The summed E-state index contributed by atoms with van der Waals surface area (Å²) in [4.78, 5) is 11.7. The fourth-order valence-corrected chi connectivity index (χ4v) is 1.50. The van der Waals surface area contributed by atoms with Crippen LogP contribution in [0.4, 0.5) is 13.2 Å². The van der Waals surface area contributed by atoms with Crippen molar-refractivity contribution in [2.24, 2.45) is 0 Å². The highest BCUT2D eigenvalue weighted by atomic mass is 19.3. The van der Waals surface area contributed by atoms with Crippen molar-refractivity contribution in [3.8, 4) is 0 Å². The van der Waals surface area contributed by atoms with Crippen LogP contribution in [0.15, 0.2) is 24.2 Å². The summed E-state index contributed by atoms with van der Waals surface area (Å²) in [6.45, 7) is 3.13. The lowest BCUT2D eigenvalue weighted by molar-refractivity contribution is -0.148. The highest BCUT2D eigenvalue weighted by Crippen LogP contribution is 2.16. The largest absolute Gasteiger partial charge is 0.464 e. The van der Waals surface area contributed by atoms with Crippen molar-refractivity contribution >= 4 is 5.97 Å². The fraction of sp³-hybridized carbons (Fsp3) is 0.500. The second-order valence-electron chi connectivity index (χ2n) is 3.94. The third-order valence-electron chi connectivity index (χ3n) is 2.49. The minimum atomic E-state index is -2.38. The molecule has 0 radical (unpaired) electrons. The molecular weight excluding hydrogens is 261 g/mol. The van der Waals surface area contributed by atoms with Crippen molar-refractivity contribution in [2.45, 2.75) is 32.7 Å². The van der Waals surface area contributed by atoms with Gasteiger partial charge < -0.3 is 4.74 Å². The molecule has 0 aliphatic heterocycles. The molecule has 0 saturated heterocycles. The summed E-state index contributed by atoms with van der Waals surface area (Å²) in [6, 6.07) is 1.10. The first-order valence-electron chi connectivity index (χ1n) is 5.83. The molecular formula is C12H15F3N2O2. The number of aryl methyl sites for hydroxylation is 1. The molecule has 19 heavy (non-hydrogen) atoms. The van der Waals surface area contributed by atoms with E-state index in [1.54, 1.807) is 26.1 Å². The van der Waals surface area contributed by atoms with E-state index in [1.807, 2.05) is 0 Å². The second kappa shape index (κ2) is 6.96. The molecule has 1 heterocycles. The number of rotatable bonds is 6. The van der Waals surface area contributed by atoms with Gasteiger partial charge in [0, 0.05) is 12.6 Å². The molecule has 1 aromatic rings. The zero-order valence-electron chi connectivity index (χ0n) is 10.7. The number of carbonyl (C=O) groups excluding carboxylic acids is 1. The van der Waals surface area contributed by atoms with Crippen molar-refractivity contribution in [1.82, 2.24) is 9.78 Å². The van der Waals surface area contributed by atoms with Crippen molar-refractivity contribution in [1.29, 1.82) is 0 Å². The summed E-state index contributed by atoms with van der Waals surface area (Å²) in [5, 5.41) is 4.09. The topological polar surface area (TPSA) is 44.1 Å². The summed E-state index contributed by atoms with van der Waals surface area (Å²) >= 11 is 0. The molecule has 0 bridgehead atoms. The first kappa shape index (κ1) is 15.3. The Hall–Kier alpha value is -1.79. The van der Waals surface area contributed by atoms with Gasteiger partial charge >= 0.3 is 12.0 Å². The Labute approximate surface area is 108 Å². The monoisotopic (exact) mass is 276 g/mol. The van der Waals surface area contributed by atoms with Gasteiger partial charge in [0.25, 0.3) is 0 Å². The molecule has 0 amide bonds. The van der Waals surface area contributed by atoms with E-state index in [1.165, 1.54) is 4.68 Å². The molecule has 1 unspecified atom stereocenters. The van der Waals surface area contributed by atoms with E-state index in [9.17, 15) is 18.0 Å². The van der Waals surface area contributed by atoms with Crippen LogP contribution >= 0.6 is 0 Å². The highest BCUT2D eigenvalue weighted by Gasteiger charge is 2.21. The lowest BCUT2D eigenvalue weighted by Crippen LogP contribution is -2.22. The van der Waals surface area contributed by atoms with Crippen LogP contribution in [0.5, 0.6) is 0 Å². The molecule has 0 aromatic carbocycles. The highest BCUT2D eigenvalue weighted by molar-refractivity contribution is 5.74. The number of halogens is 3. The Morgan fingerprint density at radius 1 is 1.47 bits per heavy atom. The van der Waals surface area contributed by atoms with Crippen molar-refractivity contribution < 1.29 is 22.7 Å². The first-order chi connectivity index (χ1) is 8.95. The van der Waals surface area contributed by atoms with Gasteiger partial charge in [-0.1, -0.05) is 6.92 Å². The second-order valence-corrected chi connectivity index (χ2v) is 3.94. The lowest BCUT2D eigenvalue weighted by atomic mass is 10.2. The van der Waals surface area contributed by atoms with Gasteiger partial charge in [-0.15, -0.1) is 0 Å². The molecule has 0 spiro atoms. The predicted molar refractivity (Wildman–Crippen MR) is 62.2 cm³/mol. The summed E-state index contributed by atoms with van der Waals surface area (Å²) < 4.78 is 42.3. The molecule has 4 nitrogen and oxygen atoms in total. The average Bonchev–Trinajstić information content (AvgIpc) is 2.76. The zero-order valence-corrected chi connectivity index (χ0v) is 10.7. The van der Waals surface area contributed by atoms with Crippen LogP contribution in [0.25, 0.3) is 0 Å². The van der Waals surface area contributed by atoms with Crippen LogP contribution < -0.4 is 0 Å². The third-order valence-corrected chi connectivity index (χ3v) is 2.49. The molecule has 106 valence electrons. The van der Waals surface area contributed by atoms with Crippen LogP contribution in [0.3, 0.4) is 0 Å². The average molecular weight is 276 g/mol. The van der Waals surface area contributed by atoms with Gasteiger partial charge in [0.15, 0.2) is 5.83 Å². The number of hydrogen-bond acceptors (Lipinski definition) is 3. The van der Waals surface area contributed by atoms with E-state index in [-0.39, 0.29) is 0 Å². The maximum atomic E-state index is 12.5. The van der Waals surface area contributed by atoms with Crippen LogP contribution in [0.2, 0.25) is 0 Å². The Kier molecular flexibility index (Phi) is 5.59. The summed E-state index contributed by atoms with van der Waals surface area (Å²) in [7, 11) is 0. The Morgan fingerprint density at radius 3 is 2.63 bits per heavy atom. The van der Waals surface area contributed by atoms with E-state index < -0.39 is 36.9 Å². The molecule has 1 aromatic heterocycles. The number of ether oxygens (including phenoxy) is 1. The molecule has 0 aliphatic carbocycles. The minimum absolute atomic E-state index is 0.418. The Bertz CT molecular complexity index is 467. The van der Waals surface area contributed by atoms with Gasteiger partial charge in [0.05, 0.1) is 12.3 Å². The fourth-order valence-electron chi connectivity index (χ4n) is 1.50. The quantitative estimate of drug-likeness (QED) is 0.750. The first-order valence-corrected chi connectivity index (χ1v) is 5.83. The number of nitrogens with zero attached hydrogens (tertiary/aromatic N) is 2.